The number of carbonyl (C=O) groups is 1. The second-order valence-corrected chi connectivity index (χ2v) is 7.68. The van der Waals surface area contributed by atoms with Crippen LogP contribution in [-0.4, -0.2) is 13.1 Å². The molecule has 0 saturated carbocycles. The van der Waals surface area contributed by atoms with Crippen molar-refractivity contribution >= 4 is 22.8 Å². The fourth-order valence-corrected chi connectivity index (χ4v) is 4.48. The van der Waals surface area contributed by atoms with Gasteiger partial charge < -0.3 is 9.47 Å². The van der Waals surface area contributed by atoms with Crippen molar-refractivity contribution in [2.75, 3.05) is 7.11 Å². The summed E-state index contributed by atoms with van der Waals surface area (Å²) in [6.45, 7) is 1.96. The highest BCUT2D eigenvalue weighted by Crippen LogP contribution is 2.47. The summed E-state index contributed by atoms with van der Waals surface area (Å²) in [5, 5.41) is 1.95. The molecule has 31 heavy (non-hydrogen) atoms. The van der Waals surface area contributed by atoms with E-state index in [1.807, 2.05) is 79.7 Å². The minimum absolute atomic E-state index is 0.361. The number of methoxy groups -OCH3 is 1. The van der Waals surface area contributed by atoms with Gasteiger partial charge >= 0.3 is 5.97 Å². The largest absolute Gasteiger partial charge is 0.472 e. The number of benzene rings is 4. The van der Waals surface area contributed by atoms with Gasteiger partial charge in [0.1, 0.15) is 5.75 Å². The first-order valence-corrected chi connectivity index (χ1v) is 10.3. The highest BCUT2D eigenvalue weighted by atomic mass is 16.5. The molecule has 0 spiro atoms. The van der Waals surface area contributed by atoms with Crippen LogP contribution in [0.4, 0.5) is 0 Å². The monoisotopic (exact) mass is 406 g/mol. The highest BCUT2D eigenvalue weighted by Gasteiger charge is 2.39. The number of carbonyl (C=O) groups excluding carboxylic acids is 1. The van der Waals surface area contributed by atoms with Crippen molar-refractivity contribution < 1.29 is 14.3 Å². The molecule has 0 aliphatic carbocycles. The maximum atomic E-state index is 12.7. The lowest BCUT2D eigenvalue weighted by molar-refractivity contribution is 0.0598. The molecule has 3 heteroatoms. The Kier molecular flexibility index (Phi) is 4.59. The smallest absolute Gasteiger partial charge is 0.338 e. The van der Waals surface area contributed by atoms with Crippen LogP contribution in [0.25, 0.3) is 16.8 Å². The van der Waals surface area contributed by atoms with Crippen LogP contribution in [0.15, 0.2) is 91.0 Å². The van der Waals surface area contributed by atoms with E-state index < -0.39 is 5.60 Å². The van der Waals surface area contributed by atoms with Gasteiger partial charge in [-0.05, 0) is 30.0 Å². The fourth-order valence-electron chi connectivity index (χ4n) is 4.48. The van der Waals surface area contributed by atoms with Crippen LogP contribution in [0.2, 0.25) is 0 Å². The van der Waals surface area contributed by atoms with E-state index >= 15 is 0 Å². The van der Waals surface area contributed by atoms with Crippen LogP contribution in [0.3, 0.4) is 0 Å². The van der Waals surface area contributed by atoms with Gasteiger partial charge in [0.2, 0.25) is 0 Å². The van der Waals surface area contributed by atoms with Crippen molar-refractivity contribution in [3.05, 3.63) is 119 Å². The molecule has 1 heterocycles. The minimum atomic E-state index is -0.805. The summed E-state index contributed by atoms with van der Waals surface area (Å²) in [6, 6.07) is 28.4. The predicted molar refractivity (Wildman–Crippen MR) is 123 cm³/mol. The quantitative estimate of drug-likeness (QED) is 0.375. The van der Waals surface area contributed by atoms with Gasteiger partial charge in [-0.25, -0.2) is 4.79 Å². The molecule has 0 aromatic heterocycles. The van der Waals surface area contributed by atoms with E-state index in [4.69, 9.17) is 9.47 Å². The Morgan fingerprint density at radius 3 is 1.94 bits per heavy atom. The zero-order valence-electron chi connectivity index (χ0n) is 17.5. The van der Waals surface area contributed by atoms with Crippen LogP contribution >= 0.6 is 0 Å². The molecular weight excluding hydrogens is 384 g/mol. The van der Waals surface area contributed by atoms with E-state index in [-0.39, 0.29) is 5.97 Å². The zero-order valence-corrected chi connectivity index (χ0v) is 17.5. The van der Waals surface area contributed by atoms with Crippen molar-refractivity contribution in [2.45, 2.75) is 12.5 Å². The third-order valence-electron chi connectivity index (χ3n) is 6.01. The van der Waals surface area contributed by atoms with Crippen LogP contribution < -0.4 is 4.74 Å². The molecule has 0 saturated heterocycles. The summed E-state index contributed by atoms with van der Waals surface area (Å²) < 4.78 is 12.0. The molecule has 1 aliphatic rings. The Morgan fingerprint density at radius 1 is 0.806 bits per heavy atom. The first-order chi connectivity index (χ1) is 15.2. The molecule has 0 amide bonds. The molecule has 4 aromatic carbocycles. The normalized spacial score (nSPS) is 14.0. The fraction of sp³-hybridized carbons (Fsp3) is 0.107. The van der Waals surface area contributed by atoms with Gasteiger partial charge in [-0.2, -0.15) is 0 Å². The van der Waals surface area contributed by atoms with Crippen molar-refractivity contribution in [3.8, 4) is 5.75 Å². The summed E-state index contributed by atoms with van der Waals surface area (Å²) in [6.07, 6.45) is 4.05. The number of esters is 1. The Labute approximate surface area is 181 Å². The van der Waals surface area contributed by atoms with Crippen LogP contribution in [0.1, 0.15) is 32.6 Å². The van der Waals surface area contributed by atoms with E-state index in [1.54, 1.807) is 0 Å². The summed E-state index contributed by atoms with van der Waals surface area (Å²) in [4.78, 5) is 12.7. The molecule has 3 nitrogen and oxygen atoms in total. The lowest BCUT2D eigenvalue weighted by atomic mass is 9.82. The lowest BCUT2D eigenvalue weighted by Gasteiger charge is -2.37. The molecule has 0 atom stereocenters. The summed E-state index contributed by atoms with van der Waals surface area (Å²) in [5.41, 5.74) is 3.43. The van der Waals surface area contributed by atoms with E-state index in [1.165, 1.54) is 7.11 Å². The molecule has 0 fully saturated rings. The first kappa shape index (κ1) is 19.1. The van der Waals surface area contributed by atoms with Crippen molar-refractivity contribution in [2.24, 2.45) is 0 Å². The van der Waals surface area contributed by atoms with Gasteiger partial charge in [-0.1, -0.05) is 84.9 Å². The molecule has 152 valence electrons. The zero-order chi connectivity index (χ0) is 21.4. The Morgan fingerprint density at radius 2 is 1.35 bits per heavy atom. The average Bonchev–Trinajstić information content (AvgIpc) is 2.85. The van der Waals surface area contributed by atoms with Gasteiger partial charge in [0.25, 0.3) is 0 Å². The topological polar surface area (TPSA) is 35.5 Å². The molecule has 0 bridgehead atoms. The highest BCUT2D eigenvalue weighted by molar-refractivity contribution is 6.06. The number of hydrogen-bond donors (Lipinski definition) is 0. The van der Waals surface area contributed by atoms with Crippen LogP contribution in [-0.2, 0) is 10.3 Å². The molecule has 4 aromatic rings. The van der Waals surface area contributed by atoms with Gasteiger partial charge in [0.05, 0.1) is 12.7 Å². The molecule has 0 N–H and O–H groups in total. The first-order valence-electron chi connectivity index (χ1n) is 10.3. The number of fused-ring (bicyclic) bond motifs is 3. The van der Waals surface area contributed by atoms with E-state index in [2.05, 4.69) is 24.3 Å². The van der Waals surface area contributed by atoms with Gasteiger partial charge in [0, 0.05) is 22.1 Å². The second-order valence-electron chi connectivity index (χ2n) is 7.68. The average molecular weight is 406 g/mol. The van der Waals surface area contributed by atoms with Crippen molar-refractivity contribution in [1.82, 2.24) is 0 Å². The Balaban J connectivity index is 1.84. The van der Waals surface area contributed by atoms with Crippen LogP contribution in [0, 0.1) is 6.92 Å². The maximum absolute atomic E-state index is 12.7. The molecule has 0 unspecified atom stereocenters. The van der Waals surface area contributed by atoms with Crippen LogP contribution in [0.5, 0.6) is 5.75 Å². The Hall–Kier alpha value is -3.85. The SMILES string of the molecule is COC(=O)c1c2c(c3ccccc3c1C)OC(c1ccccc1)(c1ccccc1)C=C2. The minimum Gasteiger partial charge on any atom is -0.472 e. The summed E-state index contributed by atoms with van der Waals surface area (Å²) >= 11 is 0. The van der Waals surface area contributed by atoms with E-state index in [9.17, 15) is 4.79 Å². The third kappa shape index (κ3) is 2.93. The molecule has 1 aliphatic heterocycles. The molecule has 5 rings (SSSR count). The lowest BCUT2D eigenvalue weighted by Crippen LogP contribution is -2.34. The van der Waals surface area contributed by atoms with Crippen molar-refractivity contribution in [3.63, 3.8) is 0 Å². The number of ether oxygens (including phenoxy) is 2. The standard InChI is InChI=1S/C28H22O3/c1-19-22-15-9-10-16-23(22)26-24(25(19)27(29)30-2)17-18-28(31-26,20-11-5-3-6-12-20)21-13-7-4-8-14-21/h3-18H,1-2H3. The van der Waals surface area contributed by atoms with Gasteiger partial charge in [0.15, 0.2) is 5.60 Å². The molecule has 0 radical (unpaired) electrons. The summed E-state index contributed by atoms with van der Waals surface area (Å²) in [7, 11) is 1.41. The van der Waals surface area contributed by atoms with Gasteiger partial charge in [-0.15, -0.1) is 0 Å². The number of hydrogen-bond acceptors (Lipinski definition) is 3. The third-order valence-corrected chi connectivity index (χ3v) is 6.01. The van der Waals surface area contributed by atoms with E-state index in [0.29, 0.717) is 11.3 Å². The molecular formula is C28H22O3. The summed E-state index contributed by atoms with van der Waals surface area (Å²) in [5.74, 6) is 0.330. The number of aryl methyl sites for hydroxylation is 1. The predicted octanol–water partition coefficient (Wildman–Crippen LogP) is 6.28. The van der Waals surface area contributed by atoms with E-state index in [0.717, 1.165) is 33.0 Å². The number of rotatable bonds is 3. The van der Waals surface area contributed by atoms with Crippen molar-refractivity contribution in [1.29, 1.82) is 0 Å². The van der Waals surface area contributed by atoms with Gasteiger partial charge in [-0.3, -0.25) is 0 Å². The Bertz CT molecular complexity index is 1270. The second kappa shape index (κ2) is 7.44. The maximum Gasteiger partial charge on any atom is 0.338 e.